The molecule has 1 aromatic carbocycles. The summed E-state index contributed by atoms with van der Waals surface area (Å²) >= 11 is 6.06. The summed E-state index contributed by atoms with van der Waals surface area (Å²) in [5, 5.41) is 5.03. The van der Waals surface area contributed by atoms with Gasteiger partial charge in [0.05, 0.1) is 5.69 Å². The van der Waals surface area contributed by atoms with E-state index < -0.39 is 0 Å². The summed E-state index contributed by atoms with van der Waals surface area (Å²) in [5.41, 5.74) is 8.85. The molecular formula is C13H16ClN3. The van der Waals surface area contributed by atoms with E-state index in [9.17, 15) is 0 Å². The van der Waals surface area contributed by atoms with E-state index in [4.69, 9.17) is 17.3 Å². The lowest BCUT2D eigenvalue weighted by Gasteiger charge is -2.08. The first-order chi connectivity index (χ1) is 8.26. The first-order valence-corrected chi connectivity index (χ1v) is 6.14. The van der Waals surface area contributed by atoms with Crippen LogP contribution in [0, 0.1) is 0 Å². The Kier molecular flexibility index (Phi) is 3.82. The lowest BCUT2D eigenvalue weighted by molar-refractivity contribution is 0.609. The Labute approximate surface area is 106 Å². The van der Waals surface area contributed by atoms with E-state index in [1.807, 2.05) is 35.1 Å². The van der Waals surface area contributed by atoms with Gasteiger partial charge in [-0.1, -0.05) is 24.6 Å². The average Bonchev–Trinajstić information content (AvgIpc) is 2.78. The summed E-state index contributed by atoms with van der Waals surface area (Å²) in [6.07, 6.45) is 2.88. The van der Waals surface area contributed by atoms with Gasteiger partial charge in [0.15, 0.2) is 0 Å². The van der Waals surface area contributed by atoms with E-state index in [-0.39, 0.29) is 0 Å². The fraction of sp³-hybridized carbons (Fsp3) is 0.308. The number of hydrogen-bond donors (Lipinski definition) is 1. The van der Waals surface area contributed by atoms with Crippen LogP contribution in [0.4, 0.5) is 0 Å². The zero-order chi connectivity index (χ0) is 12.3. The number of aromatic nitrogens is 2. The zero-order valence-corrected chi connectivity index (χ0v) is 10.6. The minimum atomic E-state index is 0.453. The van der Waals surface area contributed by atoms with E-state index in [1.54, 1.807) is 0 Å². The van der Waals surface area contributed by atoms with Crippen molar-refractivity contribution in [2.45, 2.75) is 26.4 Å². The maximum atomic E-state index is 6.06. The smallest absolute Gasteiger partial charge is 0.0682 e. The molecule has 0 spiro atoms. The molecule has 0 aliphatic heterocycles. The Morgan fingerprint density at radius 1 is 1.35 bits per heavy atom. The van der Waals surface area contributed by atoms with Gasteiger partial charge >= 0.3 is 0 Å². The predicted octanol–water partition coefficient (Wildman–Crippen LogP) is 3.07. The van der Waals surface area contributed by atoms with Gasteiger partial charge in [0.2, 0.25) is 0 Å². The maximum absolute atomic E-state index is 6.06. The van der Waals surface area contributed by atoms with Crippen molar-refractivity contribution in [3.63, 3.8) is 0 Å². The van der Waals surface area contributed by atoms with Crippen LogP contribution in [-0.4, -0.2) is 9.78 Å². The van der Waals surface area contributed by atoms with E-state index in [2.05, 4.69) is 12.0 Å². The molecule has 1 heterocycles. The molecular weight excluding hydrogens is 234 g/mol. The van der Waals surface area contributed by atoms with Crippen molar-refractivity contribution in [3.05, 3.63) is 41.0 Å². The van der Waals surface area contributed by atoms with Crippen LogP contribution >= 0.6 is 11.6 Å². The molecule has 2 aromatic rings. The van der Waals surface area contributed by atoms with Gasteiger partial charge in [-0.15, -0.1) is 0 Å². The molecule has 3 nitrogen and oxygen atoms in total. The number of nitrogens with zero attached hydrogens (tertiary/aromatic N) is 2. The summed E-state index contributed by atoms with van der Waals surface area (Å²) in [6.45, 7) is 3.51. The van der Waals surface area contributed by atoms with Crippen molar-refractivity contribution in [2.75, 3.05) is 0 Å². The Hall–Kier alpha value is -1.32. The number of hydrogen-bond acceptors (Lipinski definition) is 2. The van der Waals surface area contributed by atoms with Crippen molar-refractivity contribution in [1.29, 1.82) is 0 Å². The molecule has 0 saturated heterocycles. The molecule has 0 amide bonds. The molecule has 0 unspecified atom stereocenters. The number of aryl methyl sites for hydroxylation is 1. The lowest BCUT2D eigenvalue weighted by Crippen LogP contribution is -2.02. The fourth-order valence-electron chi connectivity index (χ4n) is 1.86. The van der Waals surface area contributed by atoms with Gasteiger partial charge < -0.3 is 5.73 Å². The molecule has 0 atom stereocenters. The average molecular weight is 250 g/mol. The summed E-state index contributed by atoms with van der Waals surface area (Å²) < 4.78 is 2.00. The highest BCUT2D eigenvalue weighted by atomic mass is 35.5. The van der Waals surface area contributed by atoms with Crippen LogP contribution in [0.1, 0.15) is 18.9 Å². The zero-order valence-electron chi connectivity index (χ0n) is 9.86. The third-order valence-corrected chi connectivity index (χ3v) is 3.08. The highest BCUT2D eigenvalue weighted by Gasteiger charge is 2.07. The van der Waals surface area contributed by atoms with Crippen LogP contribution < -0.4 is 5.73 Å². The molecule has 17 heavy (non-hydrogen) atoms. The molecule has 1 aromatic heterocycles. The minimum Gasteiger partial charge on any atom is -0.326 e. The van der Waals surface area contributed by atoms with Crippen molar-refractivity contribution in [2.24, 2.45) is 5.73 Å². The van der Waals surface area contributed by atoms with Crippen molar-refractivity contribution >= 4 is 11.6 Å². The van der Waals surface area contributed by atoms with Gasteiger partial charge in [0.1, 0.15) is 0 Å². The SMILES string of the molecule is CCCn1nccc1-c1ccc(Cl)c(CN)c1. The number of rotatable bonds is 4. The molecule has 90 valence electrons. The molecule has 2 rings (SSSR count). The highest BCUT2D eigenvalue weighted by Crippen LogP contribution is 2.25. The first kappa shape index (κ1) is 12.1. The Morgan fingerprint density at radius 2 is 2.18 bits per heavy atom. The highest BCUT2D eigenvalue weighted by molar-refractivity contribution is 6.31. The van der Waals surface area contributed by atoms with Crippen LogP contribution in [0.25, 0.3) is 11.3 Å². The monoisotopic (exact) mass is 249 g/mol. The summed E-state index contributed by atoms with van der Waals surface area (Å²) in [7, 11) is 0. The lowest BCUT2D eigenvalue weighted by atomic mass is 10.1. The van der Waals surface area contributed by atoms with Crippen LogP contribution in [-0.2, 0) is 13.1 Å². The molecule has 4 heteroatoms. The Balaban J connectivity index is 2.42. The van der Waals surface area contributed by atoms with Gasteiger partial charge in [-0.2, -0.15) is 5.10 Å². The topological polar surface area (TPSA) is 43.8 Å². The van der Waals surface area contributed by atoms with Gasteiger partial charge in [-0.3, -0.25) is 4.68 Å². The van der Waals surface area contributed by atoms with E-state index in [0.29, 0.717) is 6.54 Å². The largest absolute Gasteiger partial charge is 0.326 e. The van der Waals surface area contributed by atoms with Crippen LogP contribution in [0.3, 0.4) is 0 Å². The molecule has 0 radical (unpaired) electrons. The fourth-order valence-corrected chi connectivity index (χ4v) is 2.05. The van der Waals surface area contributed by atoms with Crippen LogP contribution in [0.15, 0.2) is 30.5 Å². The number of benzene rings is 1. The maximum Gasteiger partial charge on any atom is 0.0682 e. The molecule has 2 N–H and O–H groups in total. The Morgan fingerprint density at radius 3 is 2.88 bits per heavy atom. The van der Waals surface area contributed by atoms with Crippen LogP contribution in [0.5, 0.6) is 0 Å². The van der Waals surface area contributed by atoms with E-state index >= 15 is 0 Å². The number of halogens is 1. The van der Waals surface area contributed by atoms with E-state index in [0.717, 1.165) is 34.8 Å². The summed E-state index contributed by atoms with van der Waals surface area (Å²) in [6, 6.07) is 7.94. The summed E-state index contributed by atoms with van der Waals surface area (Å²) in [4.78, 5) is 0. The van der Waals surface area contributed by atoms with Crippen LogP contribution in [0.2, 0.25) is 5.02 Å². The van der Waals surface area contributed by atoms with Crippen molar-refractivity contribution < 1.29 is 0 Å². The molecule has 0 aliphatic rings. The second-order valence-electron chi connectivity index (χ2n) is 3.95. The predicted molar refractivity (Wildman–Crippen MR) is 70.9 cm³/mol. The third-order valence-electron chi connectivity index (χ3n) is 2.71. The quantitative estimate of drug-likeness (QED) is 0.905. The third kappa shape index (κ3) is 2.51. The number of nitrogens with two attached hydrogens (primary N) is 1. The molecule has 0 bridgehead atoms. The van der Waals surface area contributed by atoms with Gasteiger partial charge in [0.25, 0.3) is 0 Å². The van der Waals surface area contributed by atoms with Crippen molar-refractivity contribution in [1.82, 2.24) is 9.78 Å². The minimum absolute atomic E-state index is 0.453. The molecule has 0 saturated carbocycles. The standard InChI is InChI=1S/C13H16ClN3/c1-2-7-17-13(5-6-16-17)10-3-4-12(14)11(8-10)9-15/h3-6,8H,2,7,9,15H2,1H3. The van der Waals surface area contributed by atoms with Crippen molar-refractivity contribution in [3.8, 4) is 11.3 Å². The van der Waals surface area contributed by atoms with Gasteiger partial charge in [0, 0.05) is 29.9 Å². The molecule has 0 fully saturated rings. The van der Waals surface area contributed by atoms with E-state index in [1.165, 1.54) is 0 Å². The second kappa shape index (κ2) is 5.34. The van der Waals surface area contributed by atoms with Gasteiger partial charge in [-0.25, -0.2) is 0 Å². The molecule has 0 aliphatic carbocycles. The second-order valence-corrected chi connectivity index (χ2v) is 4.36. The first-order valence-electron chi connectivity index (χ1n) is 5.77. The van der Waals surface area contributed by atoms with Gasteiger partial charge in [-0.05, 0) is 30.2 Å². The normalized spacial score (nSPS) is 10.8. The Bertz CT molecular complexity index is 505. The summed E-state index contributed by atoms with van der Waals surface area (Å²) in [5.74, 6) is 0.